The maximum Gasteiger partial charge on any atom is 0.414 e. The molecular weight excluding hydrogens is 273 g/mol. The van der Waals surface area contributed by atoms with Gasteiger partial charge in [-0.15, -0.1) is 0 Å². The Morgan fingerprint density at radius 2 is 1.95 bits per heavy atom. The van der Waals surface area contributed by atoms with Crippen LogP contribution in [0.25, 0.3) is 0 Å². The van der Waals surface area contributed by atoms with Crippen LogP contribution in [-0.4, -0.2) is 24.3 Å². The Labute approximate surface area is 114 Å². The Hall–Kier alpha value is -2.07. The molecule has 0 spiro atoms. The molecule has 0 aliphatic rings. The topological polar surface area (TPSA) is 62.1 Å². The summed E-state index contributed by atoms with van der Waals surface area (Å²) in [6.45, 7) is 2.04. The second-order valence-electron chi connectivity index (χ2n) is 4.11. The summed E-state index contributed by atoms with van der Waals surface area (Å²) >= 11 is 0. The van der Waals surface area contributed by atoms with Gasteiger partial charge in [0.15, 0.2) is 6.10 Å². The first kappa shape index (κ1) is 16.0. The number of alkyl halides is 3. The van der Waals surface area contributed by atoms with E-state index < -0.39 is 24.3 Å². The maximum absolute atomic E-state index is 12.3. The predicted octanol–water partition coefficient (Wildman–Crippen LogP) is 2.85. The standard InChI is InChI=1S/C13H13F3N2O2/c1-8(20-9(2)13(14,15)16)12(19)18-11-6-4-3-5-10(11)7-17/h3-6,8-9H,1-2H3,(H,18,19). The first-order valence-electron chi connectivity index (χ1n) is 5.78. The molecule has 0 saturated carbocycles. The minimum Gasteiger partial charge on any atom is -0.356 e. The van der Waals surface area contributed by atoms with Crippen molar-refractivity contribution in [3.63, 3.8) is 0 Å². The second-order valence-corrected chi connectivity index (χ2v) is 4.11. The van der Waals surface area contributed by atoms with Crippen LogP contribution in [0.2, 0.25) is 0 Å². The van der Waals surface area contributed by atoms with Gasteiger partial charge >= 0.3 is 6.18 Å². The van der Waals surface area contributed by atoms with Crippen LogP contribution in [-0.2, 0) is 9.53 Å². The summed E-state index contributed by atoms with van der Waals surface area (Å²) in [5, 5.41) is 11.2. The number of nitriles is 1. The van der Waals surface area contributed by atoms with E-state index in [0.29, 0.717) is 0 Å². The van der Waals surface area contributed by atoms with Crippen molar-refractivity contribution in [2.45, 2.75) is 32.2 Å². The van der Waals surface area contributed by atoms with Crippen molar-refractivity contribution in [2.75, 3.05) is 5.32 Å². The van der Waals surface area contributed by atoms with E-state index in [4.69, 9.17) is 5.26 Å². The van der Waals surface area contributed by atoms with E-state index in [-0.39, 0.29) is 11.3 Å². The third-order valence-electron chi connectivity index (χ3n) is 2.54. The fraction of sp³-hybridized carbons (Fsp3) is 0.385. The number of amides is 1. The highest BCUT2D eigenvalue weighted by Crippen LogP contribution is 2.23. The average molecular weight is 286 g/mol. The van der Waals surface area contributed by atoms with Gasteiger partial charge in [-0.3, -0.25) is 4.79 Å². The predicted molar refractivity (Wildman–Crippen MR) is 65.9 cm³/mol. The van der Waals surface area contributed by atoms with Crippen molar-refractivity contribution >= 4 is 11.6 Å². The number of rotatable bonds is 4. The molecule has 0 aliphatic carbocycles. The lowest BCUT2D eigenvalue weighted by Crippen LogP contribution is -2.37. The van der Waals surface area contributed by atoms with Gasteiger partial charge in [0.1, 0.15) is 12.2 Å². The van der Waals surface area contributed by atoms with Crippen molar-refractivity contribution < 1.29 is 22.7 Å². The van der Waals surface area contributed by atoms with Crippen LogP contribution in [0.15, 0.2) is 24.3 Å². The highest BCUT2D eigenvalue weighted by atomic mass is 19.4. The Morgan fingerprint density at radius 3 is 2.50 bits per heavy atom. The third-order valence-corrected chi connectivity index (χ3v) is 2.54. The lowest BCUT2D eigenvalue weighted by molar-refractivity contribution is -0.223. The van der Waals surface area contributed by atoms with E-state index in [1.54, 1.807) is 12.1 Å². The van der Waals surface area contributed by atoms with Crippen molar-refractivity contribution in [3.8, 4) is 6.07 Å². The molecule has 0 heterocycles. The number of carbonyl (C=O) groups excluding carboxylic acids is 1. The number of carbonyl (C=O) groups is 1. The molecule has 0 aromatic heterocycles. The minimum absolute atomic E-state index is 0.219. The van der Waals surface area contributed by atoms with Crippen LogP contribution < -0.4 is 5.32 Å². The van der Waals surface area contributed by atoms with E-state index >= 15 is 0 Å². The van der Waals surface area contributed by atoms with Crippen molar-refractivity contribution in [2.24, 2.45) is 0 Å². The number of hydrogen-bond donors (Lipinski definition) is 1. The summed E-state index contributed by atoms with van der Waals surface area (Å²) in [4.78, 5) is 11.7. The molecule has 108 valence electrons. The molecule has 0 saturated heterocycles. The largest absolute Gasteiger partial charge is 0.414 e. The first-order chi connectivity index (χ1) is 9.25. The zero-order valence-corrected chi connectivity index (χ0v) is 10.9. The number of halogens is 3. The molecule has 1 amide bonds. The molecule has 1 N–H and O–H groups in total. The molecule has 20 heavy (non-hydrogen) atoms. The van der Waals surface area contributed by atoms with Crippen LogP contribution in [0.3, 0.4) is 0 Å². The van der Waals surface area contributed by atoms with Crippen LogP contribution >= 0.6 is 0 Å². The molecule has 2 unspecified atom stereocenters. The van der Waals surface area contributed by atoms with E-state index in [2.05, 4.69) is 10.1 Å². The fourth-order valence-corrected chi connectivity index (χ4v) is 1.37. The zero-order valence-electron chi connectivity index (χ0n) is 10.9. The number of benzene rings is 1. The summed E-state index contributed by atoms with van der Waals surface area (Å²) < 4.78 is 41.6. The molecule has 0 fully saturated rings. The molecule has 1 aromatic rings. The van der Waals surface area contributed by atoms with Crippen LogP contribution in [0.1, 0.15) is 19.4 Å². The van der Waals surface area contributed by atoms with E-state index in [1.165, 1.54) is 19.1 Å². The zero-order chi connectivity index (χ0) is 15.3. The Kier molecular flexibility index (Phi) is 5.11. The lowest BCUT2D eigenvalue weighted by atomic mass is 10.2. The van der Waals surface area contributed by atoms with Gasteiger partial charge in [-0.05, 0) is 26.0 Å². The molecule has 1 rings (SSSR count). The quantitative estimate of drug-likeness (QED) is 0.925. The van der Waals surface area contributed by atoms with Gasteiger partial charge in [0, 0.05) is 0 Å². The number of ether oxygens (including phenoxy) is 1. The molecule has 4 nitrogen and oxygen atoms in total. The fourth-order valence-electron chi connectivity index (χ4n) is 1.37. The highest BCUT2D eigenvalue weighted by molar-refractivity contribution is 5.95. The highest BCUT2D eigenvalue weighted by Gasteiger charge is 2.38. The Balaban J connectivity index is 2.70. The number of anilines is 1. The van der Waals surface area contributed by atoms with Gasteiger partial charge in [0.05, 0.1) is 11.3 Å². The average Bonchev–Trinajstić information content (AvgIpc) is 2.38. The molecule has 7 heteroatoms. The van der Waals surface area contributed by atoms with Crippen molar-refractivity contribution in [3.05, 3.63) is 29.8 Å². The minimum atomic E-state index is -4.53. The Morgan fingerprint density at radius 1 is 1.35 bits per heavy atom. The SMILES string of the molecule is CC(OC(C)C(F)(F)F)C(=O)Nc1ccccc1C#N. The van der Waals surface area contributed by atoms with Gasteiger partial charge in [-0.25, -0.2) is 0 Å². The van der Waals surface area contributed by atoms with Crippen LogP contribution in [0.5, 0.6) is 0 Å². The molecule has 0 aliphatic heterocycles. The van der Waals surface area contributed by atoms with E-state index in [1.807, 2.05) is 6.07 Å². The molecule has 2 atom stereocenters. The van der Waals surface area contributed by atoms with Crippen molar-refractivity contribution in [1.29, 1.82) is 5.26 Å². The number of nitrogens with one attached hydrogen (secondary N) is 1. The first-order valence-corrected chi connectivity index (χ1v) is 5.78. The number of para-hydroxylation sites is 1. The normalized spacial score (nSPS) is 14.2. The summed E-state index contributed by atoms with van der Waals surface area (Å²) in [6, 6.07) is 8.05. The second kappa shape index (κ2) is 6.39. The van der Waals surface area contributed by atoms with E-state index in [0.717, 1.165) is 6.92 Å². The smallest absolute Gasteiger partial charge is 0.356 e. The van der Waals surface area contributed by atoms with Gasteiger partial charge in [0.25, 0.3) is 5.91 Å². The van der Waals surface area contributed by atoms with Crippen molar-refractivity contribution in [1.82, 2.24) is 0 Å². The Bertz CT molecular complexity index is 523. The molecule has 0 bridgehead atoms. The van der Waals surface area contributed by atoms with Crippen LogP contribution in [0.4, 0.5) is 18.9 Å². The summed E-state index contributed by atoms with van der Waals surface area (Å²) in [7, 11) is 0. The number of nitrogens with zero attached hydrogens (tertiary/aromatic N) is 1. The monoisotopic (exact) mass is 286 g/mol. The maximum atomic E-state index is 12.3. The molecule has 1 aromatic carbocycles. The molecule has 0 radical (unpaired) electrons. The third kappa shape index (κ3) is 4.24. The van der Waals surface area contributed by atoms with Gasteiger partial charge in [0.2, 0.25) is 0 Å². The summed E-state index contributed by atoms with van der Waals surface area (Å²) in [5.74, 6) is -0.746. The number of hydrogen-bond acceptors (Lipinski definition) is 3. The van der Waals surface area contributed by atoms with Crippen LogP contribution in [0, 0.1) is 11.3 Å². The molecular formula is C13H13F3N2O2. The summed E-state index contributed by atoms with van der Waals surface area (Å²) in [5.41, 5.74) is 0.451. The van der Waals surface area contributed by atoms with Gasteiger partial charge < -0.3 is 10.1 Å². The van der Waals surface area contributed by atoms with E-state index in [9.17, 15) is 18.0 Å². The summed E-state index contributed by atoms with van der Waals surface area (Å²) in [6.07, 6.45) is -7.87. The van der Waals surface area contributed by atoms with Gasteiger partial charge in [-0.2, -0.15) is 18.4 Å². The van der Waals surface area contributed by atoms with Gasteiger partial charge in [-0.1, -0.05) is 12.1 Å². The lowest BCUT2D eigenvalue weighted by Gasteiger charge is -2.21.